The summed E-state index contributed by atoms with van der Waals surface area (Å²) in [5.74, 6) is -2.32. The van der Waals surface area contributed by atoms with Gasteiger partial charge in [-0.05, 0) is 31.0 Å². The Labute approximate surface area is 127 Å². The van der Waals surface area contributed by atoms with Gasteiger partial charge in [-0.2, -0.15) is 0 Å². The molecule has 1 aliphatic carbocycles. The predicted octanol–water partition coefficient (Wildman–Crippen LogP) is 3.82. The molecule has 20 heavy (non-hydrogen) atoms. The molecule has 1 aromatic rings. The highest BCUT2D eigenvalue weighted by Gasteiger charge is 2.35. The van der Waals surface area contributed by atoms with Crippen LogP contribution in [-0.4, -0.2) is 17.0 Å². The quantitative estimate of drug-likeness (QED) is 0.891. The van der Waals surface area contributed by atoms with Crippen molar-refractivity contribution in [3.63, 3.8) is 0 Å². The lowest BCUT2D eigenvalue weighted by molar-refractivity contribution is -0.147. The van der Waals surface area contributed by atoms with Crippen LogP contribution in [0.3, 0.4) is 0 Å². The first kappa shape index (κ1) is 15.1. The monoisotopic (exact) mass is 315 g/mol. The third-order valence-corrected chi connectivity index (χ3v) is 4.16. The zero-order valence-electron chi connectivity index (χ0n) is 10.7. The summed E-state index contributed by atoms with van der Waals surface area (Å²) < 4.78 is 0. The van der Waals surface area contributed by atoms with Crippen LogP contribution in [0.25, 0.3) is 0 Å². The summed E-state index contributed by atoms with van der Waals surface area (Å²) >= 11 is 11.8. The van der Waals surface area contributed by atoms with E-state index in [0.717, 1.165) is 12.8 Å². The van der Waals surface area contributed by atoms with E-state index in [2.05, 4.69) is 5.32 Å². The largest absolute Gasteiger partial charge is 0.481 e. The molecule has 1 fully saturated rings. The molecule has 0 spiro atoms. The van der Waals surface area contributed by atoms with Crippen molar-refractivity contribution in [3.05, 3.63) is 28.2 Å². The minimum Gasteiger partial charge on any atom is -0.481 e. The molecule has 2 atom stereocenters. The van der Waals surface area contributed by atoms with Gasteiger partial charge in [0, 0.05) is 5.02 Å². The predicted molar refractivity (Wildman–Crippen MR) is 78.2 cm³/mol. The fourth-order valence-electron chi connectivity index (χ4n) is 2.56. The number of hydrogen-bond donors (Lipinski definition) is 2. The maximum atomic E-state index is 12.3. The van der Waals surface area contributed by atoms with E-state index in [0.29, 0.717) is 28.6 Å². The highest BCUT2D eigenvalue weighted by atomic mass is 35.5. The van der Waals surface area contributed by atoms with Crippen LogP contribution in [0.15, 0.2) is 18.2 Å². The molecule has 2 rings (SSSR count). The number of hydrogen-bond acceptors (Lipinski definition) is 2. The van der Waals surface area contributed by atoms with E-state index in [1.54, 1.807) is 12.1 Å². The summed E-state index contributed by atoms with van der Waals surface area (Å²) in [6, 6.07) is 4.77. The van der Waals surface area contributed by atoms with Crippen molar-refractivity contribution in [1.29, 1.82) is 0 Å². The number of rotatable bonds is 3. The number of carboxylic acids is 1. The van der Waals surface area contributed by atoms with Gasteiger partial charge in [0.1, 0.15) is 0 Å². The normalized spacial score (nSPS) is 22.3. The first-order chi connectivity index (χ1) is 9.49. The number of carboxylic acid groups (broad SMARTS) is 1. The molecule has 6 heteroatoms. The second-order valence-electron chi connectivity index (χ2n) is 4.95. The minimum absolute atomic E-state index is 0.290. The van der Waals surface area contributed by atoms with Gasteiger partial charge >= 0.3 is 5.97 Å². The van der Waals surface area contributed by atoms with Crippen molar-refractivity contribution >= 4 is 40.8 Å². The first-order valence-electron chi connectivity index (χ1n) is 6.48. The van der Waals surface area contributed by atoms with Crippen LogP contribution in [0.4, 0.5) is 5.69 Å². The maximum absolute atomic E-state index is 12.3. The Bertz CT molecular complexity index is 533. The lowest BCUT2D eigenvalue weighted by atomic mass is 9.78. The molecule has 1 aromatic carbocycles. The molecular formula is C14H15Cl2NO3. The van der Waals surface area contributed by atoms with Gasteiger partial charge in [0.15, 0.2) is 0 Å². The molecule has 0 heterocycles. The van der Waals surface area contributed by atoms with Crippen molar-refractivity contribution in [2.24, 2.45) is 11.8 Å². The van der Waals surface area contributed by atoms with Crippen LogP contribution in [0, 0.1) is 11.8 Å². The number of amides is 1. The summed E-state index contributed by atoms with van der Waals surface area (Å²) in [6.45, 7) is 0. The Morgan fingerprint density at radius 3 is 2.40 bits per heavy atom. The Hall–Kier alpha value is -1.26. The van der Waals surface area contributed by atoms with Crippen molar-refractivity contribution in [3.8, 4) is 0 Å². The lowest BCUT2D eigenvalue weighted by Gasteiger charge is -2.27. The third-order valence-electron chi connectivity index (χ3n) is 3.61. The Kier molecular flexibility index (Phi) is 4.89. The van der Waals surface area contributed by atoms with E-state index in [-0.39, 0.29) is 5.91 Å². The van der Waals surface area contributed by atoms with Gasteiger partial charge in [0.2, 0.25) is 5.91 Å². The molecule has 1 saturated carbocycles. The summed E-state index contributed by atoms with van der Waals surface area (Å²) in [6.07, 6.45) is 2.86. The van der Waals surface area contributed by atoms with Gasteiger partial charge in [0.25, 0.3) is 0 Å². The summed E-state index contributed by atoms with van der Waals surface area (Å²) in [4.78, 5) is 23.5. The van der Waals surface area contributed by atoms with Crippen LogP contribution in [0.1, 0.15) is 25.7 Å². The third kappa shape index (κ3) is 3.44. The molecule has 0 unspecified atom stereocenters. The van der Waals surface area contributed by atoms with Crippen LogP contribution < -0.4 is 5.32 Å². The standard InChI is InChI=1S/C14H15Cl2NO3/c15-8-5-6-12(11(16)7-8)17-13(18)9-3-1-2-4-10(9)14(19)20/h5-7,9-10H,1-4H2,(H,17,18)(H,19,20)/t9-,10+/m1/s1. The highest BCUT2D eigenvalue weighted by Crippen LogP contribution is 2.32. The number of nitrogens with one attached hydrogen (secondary N) is 1. The van der Waals surface area contributed by atoms with Crippen molar-refractivity contribution < 1.29 is 14.7 Å². The van der Waals surface area contributed by atoms with E-state index in [9.17, 15) is 14.7 Å². The molecular weight excluding hydrogens is 301 g/mol. The Morgan fingerprint density at radius 2 is 1.80 bits per heavy atom. The van der Waals surface area contributed by atoms with Gasteiger partial charge in [0.05, 0.1) is 22.5 Å². The number of anilines is 1. The Morgan fingerprint density at radius 1 is 1.15 bits per heavy atom. The topological polar surface area (TPSA) is 66.4 Å². The zero-order valence-corrected chi connectivity index (χ0v) is 12.2. The van der Waals surface area contributed by atoms with Gasteiger partial charge in [-0.3, -0.25) is 9.59 Å². The average Bonchev–Trinajstić information content (AvgIpc) is 2.41. The molecule has 2 N–H and O–H groups in total. The summed E-state index contributed by atoms with van der Waals surface area (Å²) in [5.41, 5.74) is 0.454. The van der Waals surface area contributed by atoms with Gasteiger partial charge in [-0.25, -0.2) is 0 Å². The minimum atomic E-state index is -0.910. The Balaban J connectivity index is 2.12. The van der Waals surface area contributed by atoms with Crippen LogP contribution in [0.2, 0.25) is 10.0 Å². The zero-order chi connectivity index (χ0) is 14.7. The summed E-state index contributed by atoms with van der Waals surface area (Å²) in [5, 5.41) is 12.7. The summed E-state index contributed by atoms with van der Waals surface area (Å²) in [7, 11) is 0. The van der Waals surface area contributed by atoms with Gasteiger partial charge in [-0.1, -0.05) is 36.0 Å². The number of aliphatic carboxylic acids is 1. The van der Waals surface area contributed by atoms with Crippen molar-refractivity contribution in [1.82, 2.24) is 0 Å². The second-order valence-corrected chi connectivity index (χ2v) is 5.79. The molecule has 0 radical (unpaired) electrons. The molecule has 4 nitrogen and oxygen atoms in total. The molecule has 0 aromatic heterocycles. The van der Waals surface area contributed by atoms with Gasteiger partial charge < -0.3 is 10.4 Å². The number of carbonyl (C=O) groups excluding carboxylic acids is 1. The van der Waals surface area contributed by atoms with E-state index in [4.69, 9.17) is 23.2 Å². The highest BCUT2D eigenvalue weighted by molar-refractivity contribution is 6.36. The smallest absolute Gasteiger partial charge is 0.307 e. The number of benzene rings is 1. The van der Waals surface area contributed by atoms with E-state index in [1.807, 2.05) is 0 Å². The maximum Gasteiger partial charge on any atom is 0.307 e. The second kappa shape index (κ2) is 6.46. The molecule has 0 bridgehead atoms. The van der Waals surface area contributed by atoms with E-state index in [1.165, 1.54) is 6.07 Å². The average molecular weight is 316 g/mol. The van der Waals surface area contributed by atoms with Crippen LogP contribution >= 0.6 is 23.2 Å². The van der Waals surface area contributed by atoms with E-state index >= 15 is 0 Å². The fraction of sp³-hybridized carbons (Fsp3) is 0.429. The van der Waals surface area contributed by atoms with Crippen molar-refractivity contribution in [2.45, 2.75) is 25.7 Å². The number of carbonyl (C=O) groups is 2. The lowest BCUT2D eigenvalue weighted by Crippen LogP contribution is -2.36. The first-order valence-corrected chi connectivity index (χ1v) is 7.23. The van der Waals surface area contributed by atoms with Gasteiger partial charge in [-0.15, -0.1) is 0 Å². The molecule has 0 saturated heterocycles. The molecule has 1 aliphatic rings. The van der Waals surface area contributed by atoms with Crippen LogP contribution in [0.5, 0.6) is 0 Å². The fourth-order valence-corrected chi connectivity index (χ4v) is 3.01. The molecule has 1 amide bonds. The SMILES string of the molecule is O=C(O)[C@H]1CCCC[C@H]1C(=O)Nc1ccc(Cl)cc1Cl. The number of halogens is 2. The van der Waals surface area contributed by atoms with E-state index < -0.39 is 17.8 Å². The van der Waals surface area contributed by atoms with Crippen LogP contribution in [-0.2, 0) is 9.59 Å². The van der Waals surface area contributed by atoms with Crippen molar-refractivity contribution in [2.75, 3.05) is 5.32 Å². The molecule has 108 valence electrons. The molecule has 0 aliphatic heterocycles.